The van der Waals surface area contributed by atoms with Crippen molar-refractivity contribution >= 4 is 29.6 Å². The van der Waals surface area contributed by atoms with Gasteiger partial charge >= 0.3 is 5.97 Å². The molecule has 0 saturated heterocycles. The second-order valence-corrected chi connectivity index (χ2v) is 5.16. The van der Waals surface area contributed by atoms with Crippen molar-refractivity contribution in [3.8, 4) is 0 Å². The monoisotopic (exact) mass is 333 g/mol. The molecule has 0 aromatic heterocycles. The maximum atomic E-state index is 12.2. The molecule has 2 N–H and O–H groups in total. The summed E-state index contributed by atoms with van der Waals surface area (Å²) in [6.45, 7) is -1.43. The molecule has 0 atom stereocenters. The Bertz CT molecular complexity index is 695. The number of carbonyl (C=O) groups is 5. The van der Waals surface area contributed by atoms with Crippen LogP contribution in [-0.4, -0.2) is 71.2 Å². The third kappa shape index (κ3) is 3.57. The number of carboxylic acid groups (broad SMARTS) is 1. The van der Waals surface area contributed by atoms with Crippen molar-refractivity contribution in [2.45, 2.75) is 0 Å². The summed E-state index contributed by atoms with van der Waals surface area (Å²) in [6, 6.07) is 6.24. The highest BCUT2D eigenvalue weighted by molar-refractivity contribution is 6.22. The van der Waals surface area contributed by atoms with Gasteiger partial charge in [0.25, 0.3) is 11.8 Å². The van der Waals surface area contributed by atoms with Crippen LogP contribution < -0.4 is 5.32 Å². The maximum Gasteiger partial charge on any atom is 0.322 e. The number of likely N-dealkylation sites (N-methyl/N-ethyl adjacent to an activating group) is 1. The van der Waals surface area contributed by atoms with Gasteiger partial charge in [-0.15, -0.1) is 0 Å². The fourth-order valence-electron chi connectivity index (χ4n) is 2.17. The van der Waals surface area contributed by atoms with Crippen LogP contribution in [-0.2, 0) is 14.4 Å². The van der Waals surface area contributed by atoms with Gasteiger partial charge in [-0.1, -0.05) is 12.1 Å². The Hall–Kier alpha value is -3.23. The largest absolute Gasteiger partial charge is 0.480 e. The van der Waals surface area contributed by atoms with Gasteiger partial charge in [-0.3, -0.25) is 28.9 Å². The number of nitrogens with zero attached hydrogens (tertiary/aromatic N) is 2. The standard InChI is InChI=1S/C15H15N3O6/c1-17(7-11(19)16-6-13(21)22)12(20)8-18-14(23)9-4-2-3-5-10(9)15(18)24/h2-5H,6-8H2,1H3,(H,16,19)(H,21,22). The van der Waals surface area contributed by atoms with E-state index in [9.17, 15) is 24.0 Å². The van der Waals surface area contributed by atoms with Gasteiger partial charge in [0.15, 0.2) is 0 Å². The number of carboxylic acids is 1. The molecule has 4 amide bonds. The average molecular weight is 333 g/mol. The van der Waals surface area contributed by atoms with Crippen molar-refractivity contribution in [1.29, 1.82) is 0 Å². The van der Waals surface area contributed by atoms with Crippen LogP contribution in [0.4, 0.5) is 0 Å². The average Bonchev–Trinajstić information content (AvgIpc) is 2.78. The second kappa shape index (κ2) is 6.90. The Kier molecular flexibility index (Phi) is 4.93. The molecule has 0 unspecified atom stereocenters. The highest BCUT2D eigenvalue weighted by atomic mass is 16.4. The Morgan fingerprint density at radius 1 is 1.12 bits per heavy atom. The van der Waals surface area contributed by atoms with Gasteiger partial charge in [0, 0.05) is 7.05 Å². The second-order valence-electron chi connectivity index (χ2n) is 5.16. The van der Waals surface area contributed by atoms with E-state index in [2.05, 4.69) is 5.32 Å². The third-order valence-electron chi connectivity index (χ3n) is 3.41. The van der Waals surface area contributed by atoms with Gasteiger partial charge < -0.3 is 15.3 Å². The van der Waals surface area contributed by atoms with E-state index in [1.165, 1.54) is 19.2 Å². The van der Waals surface area contributed by atoms with Gasteiger partial charge in [0.05, 0.1) is 17.7 Å². The number of aliphatic carboxylic acids is 1. The lowest BCUT2D eigenvalue weighted by Gasteiger charge is -2.20. The molecule has 126 valence electrons. The zero-order valence-corrected chi connectivity index (χ0v) is 12.8. The SMILES string of the molecule is CN(CC(=O)NCC(=O)O)C(=O)CN1C(=O)c2ccccc2C1=O. The molecule has 1 aliphatic heterocycles. The first kappa shape index (κ1) is 17.1. The van der Waals surface area contributed by atoms with E-state index >= 15 is 0 Å². The molecule has 1 aromatic rings. The minimum absolute atomic E-state index is 0.233. The summed E-state index contributed by atoms with van der Waals surface area (Å²) in [4.78, 5) is 60.1. The molecule has 1 heterocycles. The fraction of sp³-hybridized carbons (Fsp3) is 0.267. The molecule has 0 radical (unpaired) electrons. The highest BCUT2D eigenvalue weighted by Crippen LogP contribution is 2.22. The van der Waals surface area contributed by atoms with Crippen molar-refractivity contribution in [3.05, 3.63) is 35.4 Å². The smallest absolute Gasteiger partial charge is 0.322 e. The summed E-state index contributed by atoms with van der Waals surface area (Å²) >= 11 is 0. The first-order valence-electron chi connectivity index (χ1n) is 6.99. The lowest BCUT2D eigenvalue weighted by Crippen LogP contribution is -2.45. The van der Waals surface area contributed by atoms with E-state index in [0.29, 0.717) is 0 Å². The van der Waals surface area contributed by atoms with Crippen LogP contribution in [0.25, 0.3) is 0 Å². The van der Waals surface area contributed by atoms with Crippen molar-refractivity contribution < 1.29 is 29.1 Å². The number of carbonyl (C=O) groups excluding carboxylic acids is 4. The molecule has 0 aliphatic carbocycles. The van der Waals surface area contributed by atoms with E-state index in [-0.39, 0.29) is 17.7 Å². The van der Waals surface area contributed by atoms with E-state index in [1.807, 2.05) is 0 Å². The van der Waals surface area contributed by atoms with Crippen LogP contribution in [0.2, 0.25) is 0 Å². The van der Waals surface area contributed by atoms with E-state index in [4.69, 9.17) is 5.11 Å². The highest BCUT2D eigenvalue weighted by Gasteiger charge is 2.36. The number of nitrogens with one attached hydrogen (secondary N) is 1. The van der Waals surface area contributed by atoms with Crippen LogP contribution in [0.15, 0.2) is 24.3 Å². The fourth-order valence-corrected chi connectivity index (χ4v) is 2.17. The molecule has 2 rings (SSSR count). The predicted molar refractivity (Wildman–Crippen MR) is 80.1 cm³/mol. The number of hydrogen-bond donors (Lipinski definition) is 2. The van der Waals surface area contributed by atoms with Crippen LogP contribution in [0, 0.1) is 0 Å². The van der Waals surface area contributed by atoms with Crippen LogP contribution in [0.5, 0.6) is 0 Å². The topological polar surface area (TPSA) is 124 Å². The van der Waals surface area contributed by atoms with Gasteiger partial charge in [0.1, 0.15) is 13.1 Å². The third-order valence-corrected chi connectivity index (χ3v) is 3.41. The van der Waals surface area contributed by atoms with E-state index in [1.54, 1.807) is 12.1 Å². The molecular weight excluding hydrogens is 318 g/mol. The predicted octanol–water partition coefficient (Wildman–Crippen LogP) is -1.06. The number of imide groups is 1. The summed E-state index contributed by atoms with van der Waals surface area (Å²) in [7, 11) is 1.32. The molecule has 24 heavy (non-hydrogen) atoms. The summed E-state index contributed by atoms with van der Waals surface area (Å²) in [6.07, 6.45) is 0. The van der Waals surface area contributed by atoms with Crippen LogP contribution in [0.1, 0.15) is 20.7 Å². The van der Waals surface area contributed by atoms with Crippen molar-refractivity contribution in [1.82, 2.24) is 15.1 Å². The number of benzene rings is 1. The lowest BCUT2D eigenvalue weighted by atomic mass is 10.1. The van der Waals surface area contributed by atoms with Gasteiger partial charge in [-0.25, -0.2) is 0 Å². The molecule has 0 spiro atoms. The molecule has 0 saturated carbocycles. The lowest BCUT2D eigenvalue weighted by molar-refractivity contribution is -0.138. The van der Waals surface area contributed by atoms with E-state index < -0.39 is 42.7 Å². The Morgan fingerprint density at radius 2 is 1.67 bits per heavy atom. The molecule has 9 heteroatoms. The van der Waals surface area contributed by atoms with Gasteiger partial charge in [-0.2, -0.15) is 0 Å². The Balaban J connectivity index is 1.95. The summed E-state index contributed by atoms with van der Waals surface area (Å²) in [5.74, 6) is -3.60. The number of amides is 4. The van der Waals surface area contributed by atoms with Crippen molar-refractivity contribution in [2.24, 2.45) is 0 Å². The molecule has 1 aromatic carbocycles. The summed E-state index contributed by atoms with van der Waals surface area (Å²) in [5.41, 5.74) is 0.467. The Labute approximate surface area is 136 Å². The molecule has 0 fully saturated rings. The Morgan fingerprint density at radius 3 is 2.17 bits per heavy atom. The summed E-state index contributed by atoms with van der Waals surface area (Å²) in [5, 5.41) is 10.6. The van der Waals surface area contributed by atoms with Crippen LogP contribution >= 0.6 is 0 Å². The molecular formula is C15H15N3O6. The zero-order chi connectivity index (χ0) is 17.9. The maximum absolute atomic E-state index is 12.2. The minimum Gasteiger partial charge on any atom is -0.480 e. The van der Waals surface area contributed by atoms with E-state index in [0.717, 1.165) is 9.80 Å². The molecule has 0 bridgehead atoms. The normalized spacial score (nSPS) is 12.8. The first-order chi connectivity index (χ1) is 11.3. The summed E-state index contributed by atoms with van der Waals surface area (Å²) < 4.78 is 0. The number of hydrogen-bond acceptors (Lipinski definition) is 5. The number of rotatable bonds is 6. The number of fused-ring (bicyclic) bond motifs is 1. The van der Waals surface area contributed by atoms with Crippen LogP contribution in [0.3, 0.4) is 0 Å². The first-order valence-corrected chi connectivity index (χ1v) is 6.99. The molecule has 9 nitrogen and oxygen atoms in total. The minimum atomic E-state index is -1.21. The quantitative estimate of drug-likeness (QED) is 0.640. The zero-order valence-electron chi connectivity index (χ0n) is 12.8. The van der Waals surface area contributed by atoms with Gasteiger partial charge in [0.2, 0.25) is 11.8 Å². The van der Waals surface area contributed by atoms with Gasteiger partial charge in [-0.05, 0) is 12.1 Å². The van der Waals surface area contributed by atoms with Crippen molar-refractivity contribution in [3.63, 3.8) is 0 Å². The van der Waals surface area contributed by atoms with Crippen molar-refractivity contribution in [2.75, 3.05) is 26.7 Å². The molecule has 1 aliphatic rings.